The van der Waals surface area contributed by atoms with Gasteiger partial charge in [-0.3, -0.25) is 14.4 Å². The molecule has 0 N–H and O–H groups in total. The van der Waals surface area contributed by atoms with Crippen LogP contribution < -0.4 is 0 Å². The Morgan fingerprint density at radius 1 is 0.344 bits per heavy atom. The zero-order valence-electron chi connectivity index (χ0n) is 39.9. The summed E-state index contributed by atoms with van der Waals surface area (Å²) in [5.41, 5.74) is 0. The molecule has 6 nitrogen and oxygen atoms in total. The number of hydrogen-bond acceptors (Lipinski definition) is 6. The molecule has 0 aliphatic rings. The van der Waals surface area contributed by atoms with Gasteiger partial charge in [-0.05, 0) is 89.9 Å². The maximum Gasteiger partial charge on any atom is 0.306 e. The Balaban J connectivity index is 4.47. The number of allylic oxidation sites excluding steroid dienone is 12. The third-order valence-electron chi connectivity index (χ3n) is 10.7. The van der Waals surface area contributed by atoms with Crippen LogP contribution in [-0.2, 0) is 28.6 Å². The van der Waals surface area contributed by atoms with Crippen LogP contribution in [0.2, 0.25) is 0 Å². The molecule has 0 amide bonds. The van der Waals surface area contributed by atoms with Crippen molar-refractivity contribution in [1.82, 2.24) is 0 Å². The number of esters is 3. The normalized spacial score (nSPS) is 12.6. The largest absolute Gasteiger partial charge is 0.462 e. The smallest absolute Gasteiger partial charge is 0.306 e. The van der Waals surface area contributed by atoms with E-state index in [1.807, 2.05) is 0 Å². The summed E-state index contributed by atoms with van der Waals surface area (Å²) < 4.78 is 16.7. The lowest BCUT2D eigenvalue weighted by atomic mass is 10.0. The van der Waals surface area contributed by atoms with E-state index in [0.717, 1.165) is 103 Å². The predicted octanol–water partition coefficient (Wildman–Crippen LogP) is 16.6. The number of unbranched alkanes of at least 4 members (excludes halogenated alkanes) is 22. The van der Waals surface area contributed by atoms with E-state index in [-0.39, 0.29) is 37.5 Å². The van der Waals surface area contributed by atoms with Crippen LogP contribution in [0.4, 0.5) is 0 Å². The first-order chi connectivity index (χ1) is 30.0. The Morgan fingerprint density at radius 2 is 0.639 bits per heavy atom. The van der Waals surface area contributed by atoms with Crippen LogP contribution in [0.15, 0.2) is 72.9 Å². The van der Waals surface area contributed by atoms with E-state index in [1.165, 1.54) is 89.9 Å². The fraction of sp³-hybridized carbons (Fsp3) is 0.727. The molecule has 0 aromatic carbocycles. The van der Waals surface area contributed by atoms with Gasteiger partial charge >= 0.3 is 17.9 Å². The minimum atomic E-state index is -0.800. The number of rotatable bonds is 45. The third kappa shape index (κ3) is 47.7. The highest BCUT2D eigenvalue weighted by Crippen LogP contribution is 2.14. The molecule has 0 saturated heterocycles. The SMILES string of the molecule is CC/C=C\C/C=C\C/C=C\CCCCCCCC(=O)OC[C@@H](COC(=O)CCCCCCCCCCCCCCC)OC(=O)CCCC/C=C\C/C=C\C/C=C\CCCCC. The summed E-state index contributed by atoms with van der Waals surface area (Å²) in [6.45, 7) is 6.45. The highest BCUT2D eigenvalue weighted by atomic mass is 16.6. The van der Waals surface area contributed by atoms with Crippen molar-refractivity contribution >= 4 is 17.9 Å². The number of carbonyl (C=O) groups excluding carboxylic acids is 3. The molecule has 0 aromatic heterocycles. The monoisotopic (exact) mass is 851 g/mol. The van der Waals surface area contributed by atoms with E-state index in [0.29, 0.717) is 19.3 Å². The molecular weight excluding hydrogens is 757 g/mol. The van der Waals surface area contributed by atoms with Gasteiger partial charge in [0.25, 0.3) is 0 Å². The molecule has 61 heavy (non-hydrogen) atoms. The second kappa shape index (κ2) is 49.5. The van der Waals surface area contributed by atoms with Crippen LogP contribution in [0.5, 0.6) is 0 Å². The number of ether oxygens (including phenoxy) is 3. The Hall–Kier alpha value is -3.15. The Labute approximate surface area is 376 Å². The van der Waals surface area contributed by atoms with Crippen molar-refractivity contribution in [2.24, 2.45) is 0 Å². The van der Waals surface area contributed by atoms with Crippen molar-refractivity contribution in [3.63, 3.8) is 0 Å². The molecule has 0 bridgehead atoms. The first-order valence-corrected chi connectivity index (χ1v) is 25.4. The lowest BCUT2D eigenvalue weighted by molar-refractivity contribution is -0.167. The minimum absolute atomic E-state index is 0.0950. The molecule has 0 rings (SSSR count). The van der Waals surface area contributed by atoms with Crippen LogP contribution in [-0.4, -0.2) is 37.2 Å². The second-order valence-corrected chi connectivity index (χ2v) is 16.7. The molecule has 6 heteroatoms. The Morgan fingerprint density at radius 3 is 1.07 bits per heavy atom. The van der Waals surface area contributed by atoms with Crippen LogP contribution in [0.25, 0.3) is 0 Å². The van der Waals surface area contributed by atoms with Gasteiger partial charge in [0.2, 0.25) is 0 Å². The van der Waals surface area contributed by atoms with Crippen LogP contribution in [0.1, 0.15) is 239 Å². The van der Waals surface area contributed by atoms with Crippen molar-refractivity contribution in [3.05, 3.63) is 72.9 Å². The summed E-state index contributed by atoms with van der Waals surface area (Å²) in [5.74, 6) is -0.950. The third-order valence-corrected chi connectivity index (χ3v) is 10.7. The van der Waals surface area contributed by atoms with E-state index in [1.54, 1.807) is 0 Å². The molecule has 1 atom stereocenters. The maximum absolute atomic E-state index is 12.8. The molecule has 350 valence electrons. The minimum Gasteiger partial charge on any atom is -0.462 e. The second-order valence-electron chi connectivity index (χ2n) is 16.7. The highest BCUT2D eigenvalue weighted by molar-refractivity contribution is 5.71. The first-order valence-electron chi connectivity index (χ1n) is 25.4. The fourth-order valence-electron chi connectivity index (χ4n) is 6.87. The Kier molecular flexibility index (Phi) is 46.9. The summed E-state index contributed by atoms with van der Waals surface area (Å²) in [6.07, 6.45) is 61.7. The quantitative estimate of drug-likeness (QED) is 0.0263. The molecule has 0 saturated carbocycles. The van der Waals surface area contributed by atoms with Gasteiger partial charge in [0.15, 0.2) is 6.10 Å². The fourth-order valence-corrected chi connectivity index (χ4v) is 6.87. The van der Waals surface area contributed by atoms with E-state index in [9.17, 15) is 14.4 Å². The van der Waals surface area contributed by atoms with Gasteiger partial charge < -0.3 is 14.2 Å². The molecule has 0 fully saturated rings. The van der Waals surface area contributed by atoms with Crippen molar-refractivity contribution in [1.29, 1.82) is 0 Å². The molecule has 0 radical (unpaired) electrons. The predicted molar refractivity (Wildman–Crippen MR) is 261 cm³/mol. The molecule has 0 aromatic rings. The summed E-state index contributed by atoms with van der Waals surface area (Å²) in [5, 5.41) is 0. The van der Waals surface area contributed by atoms with Gasteiger partial charge in [-0.15, -0.1) is 0 Å². The van der Waals surface area contributed by atoms with Crippen LogP contribution in [0, 0.1) is 0 Å². The van der Waals surface area contributed by atoms with E-state index >= 15 is 0 Å². The lowest BCUT2D eigenvalue weighted by Gasteiger charge is -2.18. The summed E-state index contributed by atoms with van der Waals surface area (Å²) in [7, 11) is 0. The maximum atomic E-state index is 12.8. The molecule has 0 unspecified atom stereocenters. The van der Waals surface area contributed by atoms with Gasteiger partial charge in [0, 0.05) is 19.3 Å². The van der Waals surface area contributed by atoms with Gasteiger partial charge in [-0.2, -0.15) is 0 Å². The van der Waals surface area contributed by atoms with E-state index in [2.05, 4.69) is 93.7 Å². The summed E-state index contributed by atoms with van der Waals surface area (Å²) in [6, 6.07) is 0. The van der Waals surface area contributed by atoms with Crippen molar-refractivity contribution in [3.8, 4) is 0 Å². The molecule has 0 heterocycles. The molecule has 0 aliphatic heterocycles. The Bertz CT molecular complexity index is 1160. The number of hydrogen-bond donors (Lipinski definition) is 0. The topological polar surface area (TPSA) is 78.9 Å². The zero-order valence-corrected chi connectivity index (χ0v) is 39.9. The van der Waals surface area contributed by atoms with Crippen molar-refractivity contribution in [2.45, 2.75) is 245 Å². The first kappa shape index (κ1) is 57.9. The molecule has 0 spiro atoms. The highest BCUT2D eigenvalue weighted by Gasteiger charge is 2.19. The van der Waals surface area contributed by atoms with E-state index < -0.39 is 6.10 Å². The van der Waals surface area contributed by atoms with Gasteiger partial charge in [0.1, 0.15) is 13.2 Å². The zero-order chi connectivity index (χ0) is 44.4. The van der Waals surface area contributed by atoms with Crippen LogP contribution >= 0.6 is 0 Å². The lowest BCUT2D eigenvalue weighted by Crippen LogP contribution is -2.30. The standard InChI is InChI=1S/C55H94O6/c1-4-7-10-13-16-19-22-25-27-30-33-36-39-42-45-48-54(57)60-51-52(50-59-53(56)47-44-41-38-35-32-29-24-21-18-15-12-9-6-3)61-55(58)49-46-43-40-37-34-31-28-26-23-20-17-14-11-8-5-2/h7,10,16-17,19-20,25-28,34,37,52H,4-6,8-9,11-15,18,21-24,29-33,35-36,38-51H2,1-3H3/b10-7-,19-16-,20-17-,27-25-,28-26-,37-34-/t52-/m1/s1. The molecular formula is C55H94O6. The molecule has 0 aliphatic carbocycles. The number of carbonyl (C=O) groups is 3. The van der Waals surface area contributed by atoms with Gasteiger partial charge in [0.05, 0.1) is 0 Å². The van der Waals surface area contributed by atoms with Crippen molar-refractivity contribution < 1.29 is 28.6 Å². The summed E-state index contributed by atoms with van der Waals surface area (Å²) in [4.78, 5) is 37.9. The van der Waals surface area contributed by atoms with Gasteiger partial charge in [-0.1, -0.05) is 203 Å². The average molecular weight is 851 g/mol. The van der Waals surface area contributed by atoms with E-state index in [4.69, 9.17) is 14.2 Å². The van der Waals surface area contributed by atoms with Crippen LogP contribution in [0.3, 0.4) is 0 Å². The van der Waals surface area contributed by atoms with Crippen molar-refractivity contribution in [2.75, 3.05) is 13.2 Å². The van der Waals surface area contributed by atoms with Gasteiger partial charge in [-0.25, -0.2) is 0 Å². The summed E-state index contributed by atoms with van der Waals surface area (Å²) >= 11 is 0. The average Bonchev–Trinajstić information content (AvgIpc) is 3.26.